The summed E-state index contributed by atoms with van der Waals surface area (Å²) in [7, 11) is 0. The second-order valence-corrected chi connectivity index (χ2v) is 9.62. The molecule has 178 valence electrons. The fourth-order valence-corrected chi connectivity index (χ4v) is 5.18. The quantitative estimate of drug-likeness (QED) is 0.245. The van der Waals surface area contributed by atoms with E-state index >= 15 is 0 Å². The number of hydrogen-bond donors (Lipinski definition) is 1. The number of anilines is 2. The molecule has 1 heteroatoms. The summed E-state index contributed by atoms with van der Waals surface area (Å²) in [6.07, 6.45) is 0. The van der Waals surface area contributed by atoms with Gasteiger partial charge >= 0.3 is 0 Å². The molecule has 0 spiro atoms. The van der Waals surface area contributed by atoms with Gasteiger partial charge in [-0.25, -0.2) is 0 Å². The number of rotatable bonds is 2. The lowest BCUT2D eigenvalue weighted by molar-refractivity contribution is 1.51. The van der Waals surface area contributed by atoms with E-state index in [0.717, 1.165) is 11.4 Å². The lowest BCUT2D eigenvalue weighted by Crippen LogP contribution is -1.92. The molecule has 1 N–H and O–H groups in total. The van der Waals surface area contributed by atoms with Crippen LogP contribution in [0.3, 0.4) is 0 Å². The molecular formula is C36H29N. The Morgan fingerprint density at radius 3 is 1.81 bits per heavy atom. The van der Waals surface area contributed by atoms with Crippen molar-refractivity contribution < 1.29 is 0 Å². The summed E-state index contributed by atoms with van der Waals surface area (Å²) in [6.45, 7) is 4.32. The van der Waals surface area contributed by atoms with E-state index in [9.17, 15) is 0 Å². The zero-order valence-electron chi connectivity index (χ0n) is 21.2. The molecule has 0 fully saturated rings. The van der Waals surface area contributed by atoms with Gasteiger partial charge in [0, 0.05) is 16.8 Å². The zero-order chi connectivity index (χ0) is 25.2. The first-order valence-corrected chi connectivity index (χ1v) is 12.8. The molecule has 0 heterocycles. The van der Waals surface area contributed by atoms with Gasteiger partial charge in [-0.3, -0.25) is 0 Å². The molecule has 0 aromatic heterocycles. The van der Waals surface area contributed by atoms with Crippen molar-refractivity contribution in [2.24, 2.45) is 0 Å². The molecule has 0 bridgehead atoms. The molecule has 37 heavy (non-hydrogen) atoms. The SMILES string of the molecule is Cc1ccc(Nc2ccc3ccccc3c2)c2ccccc12.Cc1cccc2c1ccc1ccccc12. The van der Waals surface area contributed by atoms with Gasteiger partial charge in [-0.2, -0.15) is 0 Å². The van der Waals surface area contributed by atoms with Crippen LogP contribution in [0, 0.1) is 13.8 Å². The first kappa shape index (κ1) is 22.8. The summed E-state index contributed by atoms with van der Waals surface area (Å²) in [5.41, 5.74) is 4.92. The third-order valence-electron chi connectivity index (χ3n) is 7.18. The van der Waals surface area contributed by atoms with Gasteiger partial charge in [0.05, 0.1) is 0 Å². The lowest BCUT2D eigenvalue weighted by atomic mass is 9.99. The van der Waals surface area contributed by atoms with E-state index in [0.29, 0.717) is 0 Å². The predicted molar refractivity (Wildman–Crippen MR) is 162 cm³/mol. The van der Waals surface area contributed by atoms with Gasteiger partial charge in [0.25, 0.3) is 0 Å². The minimum Gasteiger partial charge on any atom is -0.355 e. The lowest BCUT2D eigenvalue weighted by Gasteiger charge is -2.12. The molecule has 0 aliphatic rings. The molecular weight excluding hydrogens is 446 g/mol. The minimum atomic E-state index is 1.12. The van der Waals surface area contributed by atoms with Crippen LogP contribution < -0.4 is 5.32 Å². The Morgan fingerprint density at radius 2 is 0.973 bits per heavy atom. The summed E-state index contributed by atoms with van der Waals surface area (Å²) in [5.74, 6) is 0. The highest BCUT2D eigenvalue weighted by atomic mass is 14.9. The molecule has 0 aliphatic carbocycles. The van der Waals surface area contributed by atoms with E-state index < -0.39 is 0 Å². The maximum Gasteiger partial charge on any atom is 0.0464 e. The first-order valence-electron chi connectivity index (χ1n) is 12.8. The van der Waals surface area contributed by atoms with Gasteiger partial charge in [-0.1, -0.05) is 115 Å². The highest BCUT2D eigenvalue weighted by Gasteiger charge is 2.04. The van der Waals surface area contributed by atoms with Crippen molar-refractivity contribution in [1.82, 2.24) is 0 Å². The van der Waals surface area contributed by atoms with Gasteiger partial charge in [0.15, 0.2) is 0 Å². The molecule has 7 rings (SSSR count). The number of benzene rings is 7. The molecule has 0 aliphatic heterocycles. The smallest absolute Gasteiger partial charge is 0.0464 e. The fraction of sp³-hybridized carbons (Fsp3) is 0.0556. The maximum absolute atomic E-state index is 3.57. The summed E-state index contributed by atoms with van der Waals surface area (Å²) < 4.78 is 0. The number of aryl methyl sites for hydroxylation is 2. The van der Waals surface area contributed by atoms with E-state index in [-0.39, 0.29) is 0 Å². The summed E-state index contributed by atoms with van der Waals surface area (Å²) >= 11 is 0. The maximum atomic E-state index is 3.57. The van der Waals surface area contributed by atoms with Crippen molar-refractivity contribution >= 4 is 54.5 Å². The molecule has 7 aromatic carbocycles. The largest absolute Gasteiger partial charge is 0.355 e. The molecule has 0 saturated carbocycles. The van der Waals surface area contributed by atoms with Crippen molar-refractivity contribution in [2.45, 2.75) is 13.8 Å². The van der Waals surface area contributed by atoms with Crippen LogP contribution in [0.4, 0.5) is 11.4 Å². The number of fused-ring (bicyclic) bond motifs is 5. The Bertz CT molecular complexity index is 1880. The van der Waals surface area contributed by atoms with E-state index in [1.807, 2.05) is 0 Å². The van der Waals surface area contributed by atoms with Crippen molar-refractivity contribution in [3.05, 3.63) is 145 Å². The van der Waals surface area contributed by atoms with Crippen LogP contribution in [0.15, 0.2) is 133 Å². The summed E-state index contributed by atoms with van der Waals surface area (Å²) in [6, 6.07) is 47.2. The van der Waals surface area contributed by atoms with Crippen LogP contribution in [-0.4, -0.2) is 0 Å². The highest BCUT2D eigenvalue weighted by Crippen LogP contribution is 2.30. The van der Waals surface area contributed by atoms with Gasteiger partial charge in [0.1, 0.15) is 0 Å². The Hall–Kier alpha value is -4.62. The van der Waals surface area contributed by atoms with Crippen LogP contribution in [-0.2, 0) is 0 Å². The Labute approximate surface area is 218 Å². The minimum absolute atomic E-state index is 1.12. The molecule has 0 unspecified atom stereocenters. The van der Waals surface area contributed by atoms with Gasteiger partial charge in [-0.15, -0.1) is 0 Å². The standard InChI is InChI=1S/C21H17N.C15H12/c1-15-10-13-21(20-9-5-4-8-19(15)20)22-18-12-11-16-6-2-3-7-17(16)14-18;1-11-5-4-8-15-13(11)10-9-12-6-2-3-7-14(12)15/h2-14,22H,1H3;2-10H,1H3. The van der Waals surface area contributed by atoms with Crippen LogP contribution in [0.2, 0.25) is 0 Å². The van der Waals surface area contributed by atoms with E-state index in [1.54, 1.807) is 0 Å². The highest BCUT2D eigenvalue weighted by molar-refractivity contribution is 6.08. The van der Waals surface area contributed by atoms with Crippen LogP contribution in [0.5, 0.6) is 0 Å². The second kappa shape index (κ2) is 9.79. The van der Waals surface area contributed by atoms with Gasteiger partial charge in [0.2, 0.25) is 0 Å². The van der Waals surface area contributed by atoms with Crippen LogP contribution in [0.1, 0.15) is 11.1 Å². The third-order valence-corrected chi connectivity index (χ3v) is 7.18. The molecule has 0 amide bonds. The fourth-order valence-electron chi connectivity index (χ4n) is 5.18. The second-order valence-electron chi connectivity index (χ2n) is 9.62. The average molecular weight is 476 g/mol. The molecule has 0 saturated heterocycles. The van der Waals surface area contributed by atoms with E-state index in [4.69, 9.17) is 0 Å². The summed E-state index contributed by atoms with van der Waals surface area (Å²) in [4.78, 5) is 0. The topological polar surface area (TPSA) is 12.0 Å². The normalized spacial score (nSPS) is 11.0. The van der Waals surface area contributed by atoms with Gasteiger partial charge < -0.3 is 5.32 Å². The molecule has 1 nitrogen and oxygen atoms in total. The first-order chi connectivity index (χ1) is 18.2. The molecule has 0 radical (unpaired) electrons. The Morgan fingerprint density at radius 1 is 0.378 bits per heavy atom. The Kier molecular flexibility index (Phi) is 6.04. The van der Waals surface area contributed by atoms with E-state index in [1.165, 1.54) is 54.2 Å². The van der Waals surface area contributed by atoms with E-state index in [2.05, 4.69) is 153 Å². The zero-order valence-corrected chi connectivity index (χ0v) is 21.2. The third kappa shape index (κ3) is 4.52. The van der Waals surface area contributed by atoms with Crippen molar-refractivity contribution in [2.75, 3.05) is 5.32 Å². The van der Waals surface area contributed by atoms with Crippen molar-refractivity contribution in [3.63, 3.8) is 0 Å². The Balaban J connectivity index is 0.000000146. The predicted octanol–water partition coefficient (Wildman–Crippen LogP) is 10.3. The van der Waals surface area contributed by atoms with Crippen molar-refractivity contribution in [3.8, 4) is 0 Å². The van der Waals surface area contributed by atoms with Crippen molar-refractivity contribution in [1.29, 1.82) is 0 Å². The summed E-state index contributed by atoms with van der Waals surface area (Å²) in [5, 5.41) is 14.0. The number of hydrogen-bond acceptors (Lipinski definition) is 1. The van der Waals surface area contributed by atoms with Crippen LogP contribution >= 0.6 is 0 Å². The van der Waals surface area contributed by atoms with Gasteiger partial charge in [-0.05, 0) is 80.9 Å². The number of nitrogens with one attached hydrogen (secondary N) is 1. The molecule has 0 atom stereocenters. The average Bonchev–Trinajstić information content (AvgIpc) is 2.95. The monoisotopic (exact) mass is 475 g/mol. The molecule has 7 aromatic rings. The van der Waals surface area contributed by atoms with Crippen LogP contribution in [0.25, 0.3) is 43.1 Å².